The molecule has 1 amide bonds. The molecule has 30 heavy (non-hydrogen) atoms. The molecular weight excluding hydrogens is 388 g/mol. The summed E-state index contributed by atoms with van der Waals surface area (Å²) in [5.74, 6) is -1.70. The molecule has 2 N–H and O–H groups in total. The Morgan fingerprint density at radius 3 is 2.67 bits per heavy atom. The Bertz CT molecular complexity index is 755. The quantitative estimate of drug-likeness (QED) is 0.581. The number of amides is 1. The van der Waals surface area contributed by atoms with E-state index in [1.165, 1.54) is 4.90 Å². The van der Waals surface area contributed by atoms with Gasteiger partial charge in [0.1, 0.15) is 12.1 Å². The van der Waals surface area contributed by atoms with Crippen molar-refractivity contribution in [1.29, 1.82) is 0 Å². The Kier molecular flexibility index (Phi) is 7.44. The normalized spacial score (nSPS) is 24.9. The standard InChI is InChI=1S/C22H30N2O6/c1-3-30-22(28)17(10-9-15-7-5-4-6-8-15)23-14(2)20(25)24-18(21(26)27)11-16-12-29-13-19(16)24/h4-8,14,16-19,23H,3,9-13H2,1-2H3,(H,26,27)/t14?,16?,17-,18-,19?/m0/s1. The summed E-state index contributed by atoms with van der Waals surface area (Å²) in [6, 6.07) is 7.31. The molecule has 2 fully saturated rings. The van der Waals surface area contributed by atoms with Crippen LogP contribution in [0.1, 0.15) is 32.3 Å². The molecule has 0 saturated carbocycles. The first-order valence-electron chi connectivity index (χ1n) is 10.5. The van der Waals surface area contributed by atoms with Crippen molar-refractivity contribution in [1.82, 2.24) is 10.2 Å². The third-order valence-corrected chi connectivity index (χ3v) is 5.88. The van der Waals surface area contributed by atoms with Gasteiger partial charge in [0.15, 0.2) is 0 Å². The van der Waals surface area contributed by atoms with Crippen LogP contribution in [-0.2, 0) is 30.3 Å². The number of carbonyl (C=O) groups is 3. The van der Waals surface area contributed by atoms with Gasteiger partial charge in [-0.05, 0) is 38.7 Å². The molecule has 3 rings (SSSR count). The van der Waals surface area contributed by atoms with Crippen LogP contribution < -0.4 is 5.32 Å². The zero-order valence-corrected chi connectivity index (χ0v) is 17.5. The van der Waals surface area contributed by atoms with Gasteiger partial charge in [0, 0.05) is 5.92 Å². The zero-order chi connectivity index (χ0) is 21.7. The van der Waals surface area contributed by atoms with Gasteiger partial charge in [-0.2, -0.15) is 0 Å². The second-order valence-corrected chi connectivity index (χ2v) is 7.92. The van der Waals surface area contributed by atoms with Crippen LogP contribution in [0.15, 0.2) is 30.3 Å². The summed E-state index contributed by atoms with van der Waals surface area (Å²) in [5.41, 5.74) is 1.09. The first-order valence-corrected chi connectivity index (χ1v) is 10.5. The van der Waals surface area contributed by atoms with E-state index in [4.69, 9.17) is 9.47 Å². The van der Waals surface area contributed by atoms with Crippen LogP contribution in [0.2, 0.25) is 0 Å². The van der Waals surface area contributed by atoms with Crippen LogP contribution >= 0.6 is 0 Å². The number of aryl methyl sites for hydroxylation is 1. The molecule has 1 aromatic rings. The number of hydrogen-bond donors (Lipinski definition) is 2. The summed E-state index contributed by atoms with van der Waals surface area (Å²) in [5, 5.41) is 12.7. The minimum Gasteiger partial charge on any atom is -0.480 e. The molecular formula is C22H30N2O6. The Morgan fingerprint density at radius 1 is 1.27 bits per heavy atom. The summed E-state index contributed by atoms with van der Waals surface area (Å²) in [7, 11) is 0. The van der Waals surface area contributed by atoms with E-state index >= 15 is 0 Å². The van der Waals surface area contributed by atoms with Gasteiger partial charge >= 0.3 is 11.9 Å². The summed E-state index contributed by atoms with van der Waals surface area (Å²) in [4.78, 5) is 38.8. The molecule has 2 aliphatic heterocycles. The maximum atomic E-state index is 13.2. The van der Waals surface area contributed by atoms with Crippen molar-refractivity contribution in [2.24, 2.45) is 5.92 Å². The highest BCUT2D eigenvalue weighted by Gasteiger charge is 2.50. The highest BCUT2D eigenvalue weighted by Crippen LogP contribution is 2.35. The number of carbonyl (C=O) groups excluding carboxylic acids is 2. The highest BCUT2D eigenvalue weighted by atomic mass is 16.5. The first-order chi connectivity index (χ1) is 14.4. The van der Waals surface area contributed by atoms with Crippen LogP contribution in [0, 0.1) is 5.92 Å². The monoisotopic (exact) mass is 418 g/mol. The van der Waals surface area contributed by atoms with Gasteiger partial charge in [0.2, 0.25) is 5.91 Å². The lowest BCUT2D eigenvalue weighted by Crippen LogP contribution is -2.55. The first kappa shape index (κ1) is 22.2. The van der Waals surface area contributed by atoms with Crippen LogP contribution in [0.25, 0.3) is 0 Å². The van der Waals surface area contributed by atoms with Crippen LogP contribution in [-0.4, -0.2) is 71.8 Å². The number of benzene rings is 1. The molecule has 0 bridgehead atoms. The molecule has 8 nitrogen and oxygen atoms in total. The molecule has 3 unspecified atom stereocenters. The molecule has 2 aliphatic rings. The molecule has 0 aliphatic carbocycles. The SMILES string of the molecule is CCOC(=O)[C@H](CCc1ccccc1)NC(C)C(=O)N1C2COCC2C[C@H]1C(=O)O. The van der Waals surface area contributed by atoms with Crippen molar-refractivity contribution in [3.63, 3.8) is 0 Å². The number of nitrogens with one attached hydrogen (secondary N) is 1. The average Bonchev–Trinajstić information content (AvgIpc) is 3.32. The van der Waals surface area contributed by atoms with E-state index in [-0.39, 0.29) is 24.5 Å². The third-order valence-electron chi connectivity index (χ3n) is 5.88. The third kappa shape index (κ3) is 4.99. The number of carboxylic acids is 1. The molecule has 1 aromatic carbocycles. The van der Waals surface area contributed by atoms with E-state index in [9.17, 15) is 19.5 Å². The van der Waals surface area contributed by atoms with Gasteiger partial charge in [-0.15, -0.1) is 0 Å². The fourth-order valence-electron chi connectivity index (χ4n) is 4.35. The minimum atomic E-state index is -1.00. The smallest absolute Gasteiger partial charge is 0.326 e. The molecule has 2 saturated heterocycles. The lowest BCUT2D eigenvalue weighted by Gasteiger charge is -2.31. The number of esters is 1. The number of nitrogens with zero attached hydrogens (tertiary/aromatic N) is 1. The molecule has 0 aromatic heterocycles. The zero-order valence-electron chi connectivity index (χ0n) is 17.5. The molecule has 5 atom stereocenters. The van der Waals surface area contributed by atoms with E-state index in [1.54, 1.807) is 13.8 Å². The van der Waals surface area contributed by atoms with Crippen molar-refractivity contribution < 1.29 is 29.0 Å². The highest BCUT2D eigenvalue weighted by molar-refractivity contribution is 5.88. The number of ether oxygens (including phenoxy) is 2. The number of carboxylic acid groups (broad SMARTS) is 1. The molecule has 0 radical (unpaired) electrons. The van der Waals surface area contributed by atoms with E-state index in [0.717, 1.165) is 5.56 Å². The molecule has 8 heteroatoms. The Morgan fingerprint density at radius 2 is 2.00 bits per heavy atom. The van der Waals surface area contributed by atoms with Gasteiger partial charge in [0.25, 0.3) is 0 Å². The largest absolute Gasteiger partial charge is 0.480 e. The number of hydrogen-bond acceptors (Lipinski definition) is 6. The second kappa shape index (κ2) is 10.0. The number of rotatable bonds is 9. The van der Waals surface area contributed by atoms with Crippen molar-refractivity contribution >= 4 is 17.8 Å². The number of fused-ring (bicyclic) bond motifs is 1. The van der Waals surface area contributed by atoms with Gasteiger partial charge in [-0.3, -0.25) is 14.9 Å². The van der Waals surface area contributed by atoms with Crippen LogP contribution in [0.5, 0.6) is 0 Å². The van der Waals surface area contributed by atoms with Gasteiger partial charge in [-0.25, -0.2) is 4.79 Å². The average molecular weight is 418 g/mol. The van der Waals surface area contributed by atoms with Crippen molar-refractivity contribution in [2.75, 3.05) is 19.8 Å². The van der Waals surface area contributed by atoms with Crippen molar-refractivity contribution in [3.05, 3.63) is 35.9 Å². The summed E-state index contributed by atoms with van der Waals surface area (Å²) < 4.78 is 10.6. The van der Waals surface area contributed by atoms with Crippen LogP contribution in [0.4, 0.5) is 0 Å². The van der Waals surface area contributed by atoms with Crippen LogP contribution in [0.3, 0.4) is 0 Å². The maximum absolute atomic E-state index is 13.2. The Balaban J connectivity index is 1.68. The molecule has 164 valence electrons. The predicted molar refractivity (Wildman–Crippen MR) is 109 cm³/mol. The van der Waals surface area contributed by atoms with E-state index in [0.29, 0.717) is 32.5 Å². The van der Waals surface area contributed by atoms with E-state index in [1.807, 2.05) is 30.3 Å². The minimum absolute atomic E-state index is 0.0428. The fraction of sp³-hybridized carbons (Fsp3) is 0.591. The lowest BCUT2D eigenvalue weighted by atomic mass is 10.0. The second-order valence-electron chi connectivity index (χ2n) is 7.92. The maximum Gasteiger partial charge on any atom is 0.326 e. The number of aliphatic carboxylic acids is 1. The lowest BCUT2D eigenvalue weighted by molar-refractivity contribution is -0.152. The van der Waals surface area contributed by atoms with E-state index < -0.39 is 30.1 Å². The van der Waals surface area contributed by atoms with Gasteiger partial charge in [0.05, 0.1) is 31.9 Å². The summed E-state index contributed by atoms with van der Waals surface area (Å²) in [6.45, 7) is 4.48. The molecule has 0 spiro atoms. The van der Waals surface area contributed by atoms with Gasteiger partial charge < -0.3 is 19.5 Å². The summed E-state index contributed by atoms with van der Waals surface area (Å²) >= 11 is 0. The molecule has 2 heterocycles. The van der Waals surface area contributed by atoms with Gasteiger partial charge in [-0.1, -0.05) is 30.3 Å². The fourth-order valence-corrected chi connectivity index (χ4v) is 4.35. The Hall–Kier alpha value is -2.45. The van der Waals surface area contributed by atoms with E-state index in [2.05, 4.69) is 5.32 Å². The number of likely N-dealkylation sites (tertiary alicyclic amines) is 1. The Labute approximate surface area is 176 Å². The summed E-state index contributed by atoms with van der Waals surface area (Å²) in [6.07, 6.45) is 1.52. The topological polar surface area (TPSA) is 105 Å². The van der Waals surface area contributed by atoms with Crippen molar-refractivity contribution in [3.8, 4) is 0 Å². The predicted octanol–water partition coefficient (Wildman–Crippen LogP) is 1.23. The van der Waals surface area contributed by atoms with Crippen molar-refractivity contribution in [2.45, 2.75) is 57.3 Å².